The van der Waals surface area contributed by atoms with Gasteiger partial charge in [0.25, 0.3) is 0 Å². The van der Waals surface area contributed by atoms with E-state index in [1.54, 1.807) is 0 Å². The standard InChI is InChI=1S/C17H25ClN2O3/c1-5-23-16-7-6-12(8-14(16)18)10-20-11-13(19(2)3)9-15(20)17(21)22-4/h6-8,13,15H,5,9-11H2,1-4H3/t13-,15+/m1/s1. The van der Waals surface area contributed by atoms with Crippen LogP contribution in [0.2, 0.25) is 5.02 Å². The molecule has 1 fully saturated rings. The van der Waals surface area contributed by atoms with Crippen molar-refractivity contribution in [1.82, 2.24) is 9.80 Å². The molecule has 2 atom stereocenters. The second kappa shape index (κ2) is 7.99. The zero-order valence-corrected chi connectivity index (χ0v) is 15.0. The molecule has 0 spiro atoms. The molecule has 1 saturated heterocycles. The van der Waals surface area contributed by atoms with Crippen molar-refractivity contribution in [2.75, 3.05) is 34.4 Å². The lowest BCUT2D eigenvalue weighted by Crippen LogP contribution is -2.36. The van der Waals surface area contributed by atoms with Crippen LogP contribution < -0.4 is 4.74 Å². The predicted octanol–water partition coefficient (Wildman–Crippen LogP) is 2.42. The van der Waals surface area contributed by atoms with Crippen molar-refractivity contribution in [3.05, 3.63) is 28.8 Å². The summed E-state index contributed by atoms with van der Waals surface area (Å²) in [7, 11) is 5.52. The van der Waals surface area contributed by atoms with Gasteiger partial charge < -0.3 is 14.4 Å². The molecular formula is C17H25ClN2O3. The van der Waals surface area contributed by atoms with Crippen LogP contribution in [0.25, 0.3) is 0 Å². The summed E-state index contributed by atoms with van der Waals surface area (Å²) >= 11 is 6.26. The van der Waals surface area contributed by atoms with E-state index in [1.165, 1.54) is 7.11 Å². The maximum Gasteiger partial charge on any atom is 0.323 e. The van der Waals surface area contributed by atoms with Crippen molar-refractivity contribution in [2.24, 2.45) is 0 Å². The molecule has 2 rings (SSSR count). The van der Waals surface area contributed by atoms with E-state index in [0.717, 1.165) is 18.5 Å². The van der Waals surface area contributed by atoms with Crippen molar-refractivity contribution in [2.45, 2.75) is 32.0 Å². The molecule has 1 aliphatic heterocycles. The van der Waals surface area contributed by atoms with Crippen molar-refractivity contribution in [1.29, 1.82) is 0 Å². The number of nitrogens with zero attached hydrogens (tertiary/aromatic N) is 2. The molecule has 0 radical (unpaired) electrons. The Balaban J connectivity index is 2.13. The third kappa shape index (κ3) is 4.37. The molecule has 0 saturated carbocycles. The molecule has 1 aliphatic rings. The number of esters is 1. The lowest BCUT2D eigenvalue weighted by molar-refractivity contribution is -0.146. The van der Waals surface area contributed by atoms with Crippen molar-refractivity contribution < 1.29 is 14.3 Å². The van der Waals surface area contributed by atoms with Gasteiger partial charge >= 0.3 is 5.97 Å². The van der Waals surface area contributed by atoms with Crippen LogP contribution in [0.1, 0.15) is 18.9 Å². The SMILES string of the molecule is CCOc1ccc(CN2C[C@H](N(C)C)C[C@H]2C(=O)OC)cc1Cl. The van der Waals surface area contributed by atoms with E-state index in [1.807, 2.05) is 39.2 Å². The number of likely N-dealkylation sites (tertiary alicyclic amines) is 1. The lowest BCUT2D eigenvalue weighted by Gasteiger charge is -2.23. The van der Waals surface area contributed by atoms with Gasteiger partial charge in [0.1, 0.15) is 11.8 Å². The number of carbonyl (C=O) groups is 1. The summed E-state index contributed by atoms with van der Waals surface area (Å²) in [5, 5.41) is 0.599. The highest BCUT2D eigenvalue weighted by Crippen LogP contribution is 2.28. The molecule has 5 nitrogen and oxygen atoms in total. The van der Waals surface area contributed by atoms with Crippen LogP contribution in [-0.2, 0) is 16.1 Å². The van der Waals surface area contributed by atoms with E-state index in [0.29, 0.717) is 30.0 Å². The molecule has 1 heterocycles. The first-order chi connectivity index (χ1) is 11.0. The molecular weight excluding hydrogens is 316 g/mol. The summed E-state index contributed by atoms with van der Waals surface area (Å²) in [6, 6.07) is 5.92. The Bertz CT molecular complexity index is 551. The second-order valence-electron chi connectivity index (χ2n) is 6.02. The second-order valence-corrected chi connectivity index (χ2v) is 6.43. The molecule has 23 heavy (non-hydrogen) atoms. The van der Waals surface area contributed by atoms with Gasteiger partial charge in [-0.25, -0.2) is 0 Å². The summed E-state index contributed by atoms with van der Waals surface area (Å²) in [5.74, 6) is 0.515. The average molecular weight is 341 g/mol. The summed E-state index contributed by atoms with van der Waals surface area (Å²) in [6.45, 7) is 4.00. The highest BCUT2D eigenvalue weighted by atomic mass is 35.5. The van der Waals surface area contributed by atoms with Crippen LogP contribution in [-0.4, -0.2) is 62.2 Å². The van der Waals surface area contributed by atoms with Gasteiger partial charge in [-0.3, -0.25) is 9.69 Å². The Labute approximate surface area is 143 Å². The first kappa shape index (κ1) is 18.0. The molecule has 0 unspecified atom stereocenters. The van der Waals surface area contributed by atoms with Crippen molar-refractivity contribution >= 4 is 17.6 Å². The number of carbonyl (C=O) groups excluding carboxylic acids is 1. The minimum Gasteiger partial charge on any atom is -0.492 e. The molecule has 0 bridgehead atoms. The van der Waals surface area contributed by atoms with Crippen LogP contribution >= 0.6 is 11.6 Å². The molecule has 1 aromatic carbocycles. The lowest BCUT2D eigenvalue weighted by atomic mass is 10.1. The maximum atomic E-state index is 12.1. The summed E-state index contributed by atoms with van der Waals surface area (Å²) in [4.78, 5) is 16.4. The summed E-state index contributed by atoms with van der Waals surface area (Å²) < 4.78 is 10.4. The van der Waals surface area contributed by atoms with Gasteiger partial charge in [-0.05, 0) is 45.1 Å². The Morgan fingerprint density at radius 3 is 2.74 bits per heavy atom. The van der Waals surface area contributed by atoms with Crippen LogP contribution in [0, 0.1) is 0 Å². The summed E-state index contributed by atoms with van der Waals surface area (Å²) in [5.41, 5.74) is 1.06. The molecule has 1 aromatic rings. The fraction of sp³-hybridized carbons (Fsp3) is 0.588. The third-order valence-electron chi connectivity index (χ3n) is 4.27. The number of hydrogen-bond donors (Lipinski definition) is 0. The predicted molar refractivity (Wildman–Crippen MR) is 90.9 cm³/mol. The third-order valence-corrected chi connectivity index (χ3v) is 4.56. The van der Waals surface area contributed by atoms with Crippen LogP contribution in [0.5, 0.6) is 5.75 Å². The van der Waals surface area contributed by atoms with Gasteiger partial charge in [-0.2, -0.15) is 0 Å². The van der Waals surface area contributed by atoms with E-state index in [9.17, 15) is 4.79 Å². The summed E-state index contributed by atoms with van der Waals surface area (Å²) in [6.07, 6.45) is 0.782. The van der Waals surface area contributed by atoms with Gasteiger partial charge in [-0.15, -0.1) is 0 Å². The number of likely N-dealkylation sites (N-methyl/N-ethyl adjacent to an activating group) is 1. The Hall–Kier alpha value is -1.30. The fourth-order valence-electron chi connectivity index (χ4n) is 2.96. The minimum absolute atomic E-state index is 0.175. The normalized spacial score (nSPS) is 21.7. The van der Waals surface area contributed by atoms with E-state index in [4.69, 9.17) is 21.1 Å². The highest BCUT2D eigenvalue weighted by molar-refractivity contribution is 6.32. The molecule has 0 N–H and O–H groups in total. The van der Waals surface area contributed by atoms with Crippen LogP contribution in [0.15, 0.2) is 18.2 Å². The molecule has 128 valence electrons. The van der Waals surface area contributed by atoms with Gasteiger partial charge in [0.05, 0.1) is 18.7 Å². The van der Waals surface area contributed by atoms with Gasteiger partial charge in [-0.1, -0.05) is 17.7 Å². The smallest absolute Gasteiger partial charge is 0.323 e. The topological polar surface area (TPSA) is 42.0 Å². The fourth-order valence-corrected chi connectivity index (χ4v) is 3.22. The van der Waals surface area contributed by atoms with Gasteiger partial charge in [0, 0.05) is 19.1 Å². The quantitative estimate of drug-likeness (QED) is 0.744. The maximum absolute atomic E-state index is 12.1. The number of ether oxygens (including phenoxy) is 2. The average Bonchev–Trinajstić information content (AvgIpc) is 2.93. The Morgan fingerprint density at radius 2 is 2.17 bits per heavy atom. The zero-order valence-electron chi connectivity index (χ0n) is 14.2. The monoisotopic (exact) mass is 340 g/mol. The van der Waals surface area contributed by atoms with Crippen LogP contribution in [0.3, 0.4) is 0 Å². The van der Waals surface area contributed by atoms with E-state index >= 15 is 0 Å². The number of benzene rings is 1. The molecule has 0 aromatic heterocycles. The first-order valence-corrected chi connectivity index (χ1v) is 8.23. The zero-order chi connectivity index (χ0) is 17.0. The van der Waals surface area contributed by atoms with E-state index < -0.39 is 0 Å². The first-order valence-electron chi connectivity index (χ1n) is 7.85. The van der Waals surface area contributed by atoms with E-state index in [-0.39, 0.29) is 12.0 Å². The number of halogens is 1. The number of methoxy groups -OCH3 is 1. The Morgan fingerprint density at radius 1 is 1.43 bits per heavy atom. The van der Waals surface area contributed by atoms with Crippen molar-refractivity contribution in [3.63, 3.8) is 0 Å². The van der Waals surface area contributed by atoms with Gasteiger partial charge in [0.15, 0.2) is 0 Å². The largest absolute Gasteiger partial charge is 0.492 e. The minimum atomic E-state index is -0.210. The van der Waals surface area contributed by atoms with E-state index in [2.05, 4.69) is 9.80 Å². The van der Waals surface area contributed by atoms with Crippen LogP contribution in [0.4, 0.5) is 0 Å². The highest BCUT2D eigenvalue weighted by Gasteiger charge is 2.38. The van der Waals surface area contributed by atoms with Crippen molar-refractivity contribution in [3.8, 4) is 5.75 Å². The number of rotatable bonds is 6. The molecule has 6 heteroatoms. The molecule has 0 aliphatic carbocycles. The number of hydrogen-bond acceptors (Lipinski definition) is 5. The Kier molecular flexibility index (Phi) is 6.27. The molecule has 0 amide bonds. The van der Waals surface area contributed by atoms with Gasteiger partial charge in [0.2, 0.25) is 0 Å².